The molecule has 2 atom stereocenters. The summed E-state index contributed by atoms with van der Waals surface area (Å²) < 4.78 is 6.07. The maximum absolute atomic E-state index is 9.54. The zero-order valence-corrected chi connectivity index (χ0v) is 14.1. The van der Waals surface area contributed by atoms with E-state index in [1.807, 2.05) is 13.8 Å². The monoisotopic (exact) mass is 347 g/mol. The van der Waals surface area contributed by atoms with Crippen molar-refractivity contribution in [3.8, 4) is 0 Å². The van der Waals surface area contributed by atoms with Crippen molar-refractivity contribution in [3.05, 3.63) is 28.2 Å². The predicted octanol–water partition coefficient (Wildman–Crippen LogP) is 3.05. The molecule has 3 nitrogen and oxygen atoms in total. The van der Waals surface area contributed by atoms with Crippen LogP contribution < -0.4 is 5.32 Å². The van der Waals surface area contributed by atoms with Crippen molar-refractivity contribution in [2.24, 2.45) is 0 Å². The number of ether oxygens (including phenoxy) is 1. The molecular formula is C14H22BrNO2S. The average Bonchev–Trinajstić information content (AvgIpc) is 2.37. The number of halogens is 1. The van der Waals surface area contributed by atoms with Crippen LogP contribution in [0.25, 0.3) is 0 Å². The Kier molecular flexibility index (Phi) is 8.02. The first-order chi connectivity index (χ1) is 9.04. The summed E-state index contributed by atoms with van der Waals surface area (Å²) in [6, 6.07) is 6.33. The summed E-state index contributed by atoms with van der Waals surface area (Å²) in [6.07, 6.45) is -0.313. The van der Waals surface area contributed by atoms with Crippen LogP contribution >= 0.6 is 27.7 Å². The van der Waals surface area contributed by atoms with E-state index in [0.29, 0.717) is 0 Å². The number of aliphatic hydroxyl groups is 1. The molecule has 0 bridgehead atoms. The molecule has 0 fully saturated rings. The van der Waals surface area contributed by atoms with Gasteiger partial charge in [0.2, 0.25) is 0 Å². The summed E-state index contributed by atoms with van der Waals surface area (Å²) in [5.74, 6) is 0. The molecular weight excluding hydrogens is 326 g/mol. The standard InChI is InChI=1S/C14H22BrNO2S/c1-10(17)11(2)19-14-5-4-12(8-13(14)15)9-16-6-7-18-3/h4-5,8,10-11,16-17H,6-7,9H2,1-3H3. The van der Waals surface area contributed by atoms with Gasteiger partial charge in [-0.25, -0.2) is 0 Å². The van der Waals surface area contributed by atoms with Gasteiger partial charge in [0.1, 0.15) is 0 Å². The third kappa shape index (κ3) is 6.27. The number of nitrogens with one attached hydrogen (secondary N) is 1. The molecule has 0 aliphatic heterocycles. The number of methoxy groups -OCH3 is 1. The molecule has 1 aromatic carbocycles. The second-order valence-electron chi connectivity index (χ2n) is 4.50. The molecule has 1 rings (SSSR count). The Morgan fingerprint density at radius 1 is 1.42 bits per heavy atom. The van der Waals surface area contributed by atoms with Crippen LogP contribution in [0.2, 0.25) is 0 Å². The van der Waals surface area contributed by atoms with Crippen LogP contribution in [0.5, 0.6) is 0 Å². The zero-order chi connectivity index (χ0) is 14.3. The minimum absolute atomic E-state index is 0.182. The Morgan fingerprint density at radius 3 is 2.74 bits per heavy atom. The van der Waals surface area contributed by atoms with Gasteiger partial charge in [-0.3, -0.25) is 0 Å². The Morgan fingerprint density at radius 2 is 2.16 bits per heavy atom. The summed E-state index contributed by atoms with van der Waals surface area (Å²) in [7, 11) is 1.70. The van der Waals surface area contributed by atoms with Crippen molar-refractivity contribution >= 4 is 27.7 Å². The number of benzene rings is 1. The van der Waals surface area contributed by atoms with Gasteiger partial charge in [0, 0.05) is 34.8 Å². The summed E-state index contributed by atoms with van der Waals surface area (Å²) in [4.78, 5) is 1.16. The normalized spacial score (nSPS) is 14.4. The molecule has 0 aliphatic rings. The van der Waals surface area contributed by atoms with Gasteiger partial charge in [0.15, 0.2) is 0 Å². The molecule has 0 saturated carbocycles. The van der Waals surface area contributed by atoms with E-state index in [2.05, 4.69) is 39.4 Å². The van der Waals surface area contributed by atoms with Gasteiger partial charge in [-0.15, -0.1) is 11.8 Å². The summed E-state index contributed by atoms with van der Waals surface area (Å²) in [6.45, 7) is 6.26. The Balaban J connectivity index is 2.54. The second-order valence-corrected chi connectivity index (χ2v) is 6.77. The highest BCUT2D eigenvalue weighted by Crippen LogP contribution is 2.32. The van der Waals surface area contributed by atoms with Crippen molar-refractivity contribution in [2.75, 3.05) is 20.3 Å². The number of hydrogen-bond acceptors (Lipinski definition) is 4. The number of aliphatic hydroxyl groups excluding tert-OH is 1. The van der Waals surface area contributed by atoms with Crippen LogP contribution in [0.4, 0.5) is 0 Å². The van der Waals surface area contributed by atoms with Gasteiger partial charge in [0.25, 0.3) is 0 Å². The third-order valence-corrected chi connectivity index (χ3v) is 5.09. The fourth-order valence-electron chi connectivity index (χ4n) is 1.46. The molecule has 5 heteroatoms. The van der Waals surface area contributed by atoms with Crippen molar-refractivity contribution in [1.29, 1.82) is 0 Å². The summed E-state index contributed by atoms with van der Waals surface area (Å²) in [5, 5.41) is 13.0. The van der Waals surface area contributed by atoms with Crippen LogP contribution in [-0.4, -0.2) is 36.7 Å². The van der Waals surface area contributed by atoms with Crippen molar-refractivity contribution in [1.82, 2.24) is 5.32 Å². The van der Waals surface area contributed by atoms with Gasteiger partial charge in [-0.2, -0.15) is 0 Å². The van der Waals surface area contributed by atoms with E-state index < -0.39 is 0 Å². The highest BCUT2D eigenvalue weighted by molar-refractivity contribution is 9.10. The minimum Gasteiger partial charge on any atom is -0.392 e. The highest BCUT2D eigenvalue weighted by atomic mass is 79.9. The van der Waals surface area contributed by atoms with E-state index in [4.69, 9.17) is 4.74 Å². The lowest BCUT2D eigenvalue weighted by atomic mass is 10.2. The quantitative estimate of drug-likeness (QED) is 0.560. The highest BCUT2D eigenvalue weighted by Gasteiger charge is 2.12. The Labute approximate surface area is 128 Å². The molecule has 0 spiro atoms. The minimum atomic E-state index is -0.313. The fourth-order valence-corrected chi connectivity index (χ4v) is 3.08. The molecule has 19 heavy (non-hydrogen) atoms. The molecule has 0 heterocycles. The smallest absolute Gasteiger partial charge is 0.0631 e. The van der Waals surface area contributed by atoms with Crippen molar-refractivity contribution in [2.45, 2.75) is 36.6 Å². The first-order valence-corrected chi connectivity index (χ1v) is 8.04. The van der Waals surface area contributed by atoms with E-state index in [0.717, 1.165) is 29.1 Å². The lowest BCUT2D eigenvalue weighted by Gasteiger charge is -2.15. The van der Waals surface area contributed by atoms with Crippen LogP contribution in [0, 0.1) is 0 Å². The summed E-state index contributed by atoms with van der Waals surface area (Å²) in [5.41, 5.74) is 1.23. The number of rotatable bonds is 8. The van der Waals surface area contributed by atoms with Crippen LogP contribution in [-0.2, 0) is 11.3 Å². The molecule has 0 saturated heterocycles. The van der Waals surface area contributed by atoms with Gasteiger partial charge >= 0.3 is 0 Å². The van der Waals surface area contributed by atoms with E-state index in [1.165, 1.54) is 5.56 Å². The molecule has 0 radical (unpaired) electrons. The lowest BCUT2D eigenvalue weighted by Crippen LogP contribution is -2.18. The third-order valence-electron chi connectivity index (χ3n) is 2.80. The largest absolute Gasteiger partial charge is 0.392 e. The summed E-state index contributed by atoms with van der Waals surface area (Å²) >= 11 is 5.27. The van der Waals surface area contributed by atoms with E-state index in [1.54, 1.807) is 18.9 Å². The van der Waals surface area contributed by atoms with Gasteiger partial charge in [-0.05, 0) is 40.5 Å². The number of hydrogen-bond donors (Lipinski definition) is 2. The Hall–Kier alpha value is -0.0700. The predicted molar refractivity (Wildman–Crippen MR) is 84.7 cm³/mol. The molecule has 2 unspecified atom stereocenters. The van der Waals surface area contributed by atoms with Crippen LogP contribution in [0.3, 0.4) is 0 Å². The van der Waals surface area contributed by atoms with Crippen LogP contribution in [0.1, 0.15) is 19.4 Å². The first kappa shape index (κ1) is 17.0. The second kappa shape index (κ2) is 8.97. The van der Waals surface area contributed by atoms with E-state index >= 15 is 0 Å². The lowest BCUT2D eigenvalue weighted by molar-refractivity contribution is 0.196. The van der Waals surface area contributed by atoms with E-state index in [-0.39, 0.29) is 11.4 Å². The molecule has 108 valence electrons. The molecule has 0 aliphatic carbocycles. The van der Waals surface area contributed by atoms with Crippen LogP contribution in [0.15, 0.2) is 27.6 Å². The molecule has 0 aromatic heterocycles. The number of thioether (sulfide) groups is 1. The van der Waals surface area contributed by atoms with Crippen molar-refractivity contribution < 1.29 is 9.84 Å². The maximum Gasteiger partial charge on any atom is 0.0631 e. The Bertz CT molecular complexity index is 388. The van der Waals surface area contributed by atoms with E-state index in [9.17, 15) is 5.11 Å². The van der Waals surface area contributed by atoms with Gasteiger partial charge in [-0.1, -0.05) is 13.0 Å². The molecule has 1 aromatic rings. The van der Waals surface area contributed by atoms with Gasteiger partial charge < -0.3 is 15.2 Å². The molecule has 0 amide bonds. The van der Waals surface area contributed by atoms with Crippen molar-refractivity contribution in [3.63, 3.8) is 0 Å². The topological polar surface area (TPSA) is 41.5 Å². The average molecular weight is 348 g/mol. The maximum atomic E-state index is 9.54. The first-order valence-electron chi connectivity index (χ1n) is 6.37. The zero-order valence-electron chi connectivity index (χ0n) is 11.6. The fraction of sp³-hybridized carbons (Fsp3) is 0.571. The molecule has 2 N–H and O–H groups in total. The SMILES string of the molecule is COCCNCc1ccc(SC(C)C(C)O)c(Br)c1. The van der Waals surface area contributed by atoms with Gasteiger partial charge in [0.05, 0.1) is 12.7 Å².